The summed E-state index contributed by atoms with van der Waals surface area (Å²) in [5.41, 5.74) is -0.638. The zero-order chi connectivity index (χ0) is 25.8. The zero-order valence-electron chi connectivity index (χ0n) is 22.4. The normalized spacial score (nSPS) is 55.1. The van der Waals surface area contributed by atoms with Crippen LogP contribution in [0.5, 0.6) is 0 Å². The van der Waals surface area contributed by atoms with Gasteiger partial charge in [0.2, 0.25) is 0 Å². The highest BCUT2D eigenvalue weighted by molar-refractivity contribution is 5.76. The molecule has 5 fully saturated rings. The summed E-state index contributed by atoms with van der Waals surface area (Å²) in [7, 11) is 0. The number of rotatable bonds is 3. The summed E-state index contributed by atoms with van der Waals surface area (Å²) in [6.07, 6.45) is 7.86. The highest BCUT2D eigenvalue weighted by Crippen LogP contribution is 2.77. The van der Waals surface area contributed by atoms with E-state index in [0.717, 1.165) is 63.4 Å². The second-order valence-electron chi connectivity index (χ2n) is 14.3. The van der Waals surface area contributed by atoms with Crippen molar-refractivity contribution in [2.24, 2.45) is 56.7 Å². The van der Waals surface area contributed by atoms with E-state index < -0.39 is 28.9 Å². The van der Waals surface area contributed by atoms with E-state index in [4.69, 9.17) is 0 Å². The van der Waals surface area contributed by atoms with Crippen LogP contribution in [0.2, 0.25) is 0 Å². The molecule has 5 rings (SSSR count). The van der Waals surface area contributed by atoms with E-state index in [-0.39, 0.29) is 34.0 Å². The molecule has 5 aliphatic carbocycles. The van der Waals surface area contributed by atoms with Gasteiger partial charge in [0, 0.05) is 0 Å². The van der Waals surface area contributed by atoms with Gasteiger partial charge in [-0.2, -0.15) is 0 Å². The molecule has 0 bridgehead atoms. The van der Waals surface area contributed by atoms with E-state index in [9.17, 15) is 24.9 Å². The first-order valence-electron chi connectivity index (χ1n) is 14.0. The van der Waals surface area contributed by atoms with Crippen molar-refractivity contribution >= 4 is 11.9 Å². The Balaban J connectivity index is 1.57. The third kappa shape index (κ3) is 2.85. The van der Waals surface area contributed by atoms with Crippen LogP contribution in [0.15, 0.2) is 12.2 Å². The summed E-state index contributed by atoms with van der Waals surface area (Å²) in [5, 5.41) is 31.6. The van der Waals surface area contributed by atoms with Crippen LogP contribution in [0.1, 0.15) is 98.8 Å². The molecule has 0 heterocycles. The molecule has 5 nitrogen and oxygen atoms in total. The summed E-state index contributed by atoms with van der Waals surface area (Å²) in [6, 6.07) is 0. The fourth-order valence-electron chi connectivity index (χ4n) is 11.5. The van der Waals surface area contributed by atoms with Crippen molar-refractivity contribution in [1.82, 2.24) is 0 Å². The fourth-order valence-corrected chi connectivity index (χ4v) is 11.5. The van der Waals surface area contributed by atoms with Crippen molar-refractivity contribution in [3.8, 4) is 0 Å². The van der Waals surface area contributed by atoms with E-state index >= 15 is 0 Å². The van der Waals surface area contributed by atoms with Gasteiger partial charge in [-0.1, -0.05) is 32.9 Å². The lowest BCUT2D eigenvalue weighted by atomic mass is 9.32. The zero-order valence-corrected chi connectivity index (χ0v) is 22.4. The Morgan fingerprint density at radius 1 is 0.771 bits per heavy atom. The van der Waals surface area contributed by atoms with Crippen LogP contribution in [0.3, 0.4) is 0 Å². The molecule has 35 heavy (non-hydrogen) atoms. The van der Waals surface area contributed by atoms with Gasteiger partial charge < -0.3 is 15.3 Å². The molecule has 3 N–H and O–H groups in total. The first kappa shape index (κ1) is 25.3. The standard InChI is InChI=1S/C30H46O5/c1-17(2)18-9-14-30(25(34)35)16-15-27(4)19(23(18)30)7-8-20-26(3)12-11-22(31)29(6,24(32)33)21(26)10-13-28(20,27)5/h18-23,31H,1,7-16H2,2-6H3,(H,32,33)(H,34,35)/t18-,19+,20+,21+,22?,23+,26+,27+,28+,29-,30-/m0/s1. The first-order valence-corrected chi connectivity index (χ1v) is 14.0. The SMILES string of the molecule is C=C(C)[C@@H]1CC[C@]2(C(=O)O)CC[C@]3(C)[C@H](CC[C@@H]4[C@@]5(C)CCC(O)[C@@](C)(C(=O)O)[C@@H]5CC[C@]43C)[C@@H]12. The number of hydrogen-bond acceptors (Lipinski definition) is 3. The molecule has 196 valence electrons. The van der Waals surface area contributed by atoms with Crippen LogP contribution >= 0.6 is 0 Å². The Morgan fingerprint density at radius 2 is 1.46 bits per heavy atom. The molecule has 0 amide bonds. The fraction of sp³-hybridized carbons (Fsp3) is 0.867. The Kier molecular flexibility index (Phi) is 5.48. The van der Waals surface area contributed by atoms with Crippen LogP contribution in [0.25, 0.3) is 0 Å². The van der Waals surface area contributed by atoms with Crippen molar-refractivity contribution in [3.63, 3.8) is 0 Å². The first-order chi connectivity index (χ1) is 16.2. The summed E-state index contributed by atoms with van der Waals surface area (Å²) in [5.74, 6) is -0.315. The van der Waals surface area contributed by atoms with Gasteiger partial charge >= 0.3 is 11.9 Å². The van der Waals surface area contributed by atoms with Gasteiger partial charge in [0.1, 0.15) is 0 Å². The molecule has 0 radical (unpaired) electrons. The molecule has 0 saturated heterocycles. The number of allylic oxidation sites excluding steroid dienone is 1. The summed E-state index contributed by atoms with van der Waals surface area (Å²) in [6.45, 7) is 15.4. The van der Waals surface area contributed by atoms with Crippen molar-refractivity contribution in [2.45, 2.75) is 105 Å². The Labute approximate surface area is 210 Å². The van der Waals surface area contributed by atoms with Crippen LogP contribution < -0.4 is 0 Å². The van der Waals surface area contributed by atoms with Gasteiger partial charge in [0.15, 0.2) is 0 Å². The van der Waals surface area contributed by atoms with Gasteiger partial charge in [-0.3, -0.25) is 9.59 Å². The smallest absolute Gasteiger partial charge is 0.312 e. The number of hydrogen-bond donors (Lipinski definition) is 3. The molecule has 0 aromatic heterocycles. The molecule has 5 saturated carbocycles. The largest absolute Gasteiger partial charge is 0.481 e. The topological polar surface area (TPSA) is 94.8 Å². The number of fused-ring (bicyclic) bond motifs is 7. The monoisotopic (exact) mass is 486 g/mol. The van der Waals surface area contributed by atoms with Crippen LogP contribution in [-0.2, 0) is 9.59 Å². The Morgan fingerprint density at radius 3 is 2.06 bits per heavy atom. The molecule has 0 spiro atoms. The molecular weight excluding hydrogens is 440 g/mol. The van der Waals surface area contributed by atoms with Gasteiger partial charge in [-0.25, -0.2) is 0 Å². The minimum atomic E-state index is -1.10. The second-order valence-corrected chi connectivity index (χ2v) is 14.3. The average Bonchev–Trinajstić information content (AvgIpc) is 3.18. The predicted molar refractivity (Wildman–Crippen MR) is 135 cm³/mol. The lowest BCUT2D eigenvalue weighted by Gasteiger charge is -2.72. The van der Waals surface area contributed by atoms with Gasteiger partial charge in [0.25, 0.3) is 0 Å². The predicted octanol–water partition coefficient (Wildman–Crippen LogP) is 6.15. The summed E-state index contributed by atoms with van der Waals surface area (Å²) >= 11 is 0. The van der Waals surface area contributed by atoms with Crippen molar-refractivity contribution in [1.29, 1.82) is 0 Å². The molecule has 5 aliphatic rings. The maximum atomic E-state index is 12.8. The number of aliphatic carboxylic acids is 2. The van der Waals surface area contributed by atoms with Crippen molar-refractivity contribution in [3.05, 3.63) is 12.2 Å². The molecular formula is C30H46O5. The maximum Gasteiger partial charge on any atom is 0.312 e. The van der Waals surface area contributed by atoms with Crippen molar-refractivity contribution in [2.75, 3.05) is 0 Å². The lowest BCUT2D eigenvalue weighted by Crippen LogP contribution is -2.68. The average molecular weight is 487 g/mol. The van der Waals surface area contributed by atoms with E-state index in [1.54, 1.807) is 6.92 Å². The van der Waals surface area contributed by atoms with Crippen LogP contribution in [0, 0.1) is 56.7 Å². The van der Waals surface area contributed by atoms with Crippen molar-refractivity contribution < 1.29 is 24.9 Å². The minimum Gasteiger partial charge on any atom is -0.481 e. The summed E-state index contributed by atoms with van der Waals surface area (Å²) in [4.78, 5) is 25.3. The molecule has 0 aromatic rings. The second kappa shape index (κ2) is 7.58. The molecule has 5 heteroatoms. The van der Waals surface area contributed by atoms with E-state index in [1.165, 1.54) is 0 Å². The molecule has 1 unspecified atom stereocenters. The molecule has 0 aromatic carbocycles. The quantitative estimate of drug-likeness (QED) is 0.416. The van der Waals surface area contributed by atoms with Gasteiger partial charge in [0.05, 0.1) is 16.9 Å². The number of aliphatic hydroxyl groups excluding tert-OH is 1. The third-order valence-electron chi connectivity index (χ3n) is 13.6. The van der Waals surface area contributed by atoms with Crippen LogP contribution in [0.4, 0.5) is 0 Å². The van der Waals surface area contributed by atoms with E-state index in [1.807, 2.05) is 0 Å². The molecule has 11 atom stereocenters. The van der Waals surface area contributed by atoms with E-state index in [0.29, 0.717) is 18.3 Å². The highest BCUT2D eigenvalue weighted by atomic mass is 16.4. The number of carboxylic acids is 2. The lowest BCUT2D eigenvalue weighted by molar-refractivity contribution is -0.251. The minimum absolute atomic E-state index is 0.0290. The number of carbonyl (C=O) groups is 2. The summed E-state index contributed by atoms with van der Waals surface area (Å²) < 4.78 is 0. The molecule has 0 aliphatic heterocycles. The Bertz CT molecular complexity index is 958. The highest BCUT2D eigenvalue weighted by Gasteiger charge is 2.73. The van der Waals surface area contributed by atoms with Gasteiger partial charge in [-0.05, 0) is 124 Å². The van der Waals surface area contributed by atoms with Gasteiger partial charge in [-0.15, -0.1) is 0 Å². The van der Waals surface area contributed by atoms with Crippen LogP contribution in [-0.4, -0.2) is 33.4 Å². The maximum absolute atomic E-state index is 12.8. The number of carboxylic acid groups (broad SMARTS) is 2. The number of aliphatic hydroxyl groups is 1. The van der Waals surface area contributed by atoms with E-state index in [2.05, 4.69) is 34.3 Å². The third-order valence-corrected chi connectivity index (χ3v) is 13.6. The Hall–Kier alpha value is -1.36.